The van der Waals surface area contributed by atoms with Gasteiger partial charge in [0.15, 0.2) is 11.6 Å². The summed E-state index contributed by atoms with van der Waals surface area (Å²) in [4.78, 5) is 18.5. The fourth-order valence-corrected chi connectivity index (χ4v) is 2.78. The van der Waals surface area contributed by atoms with Crippen molar-refractivity contribution in [2.24, 2.45) is 0 Å². The van der Waals surface area contributed by atoms with E-state index >= 15 is 0 Å². The highest BCUT2D eigenvalue weighted by atomic mass is 19.1. The Morgan fingerprint density at radius 2 is 2.00 bits per heavy atom. The fraction of sp³-hybridized carbons (Fsp3) is 0.200. The van der Waals surface area contributed by atoms with Crippen molar-refractivity contribution in [2.45, 2.75) is 13.0 Å². The zero-order valence-corrected chi connectivity index (χ0v) is 14.2. The minimum Gasteiger partial charge on any atom is -0.494 e. The number of likely N-dealkylation sites (N-methyl/N-ethyl adjacent to an activating group) is 1. The van der Waals surface area contributed by atoms with Gasteiger partial charge >= 0.3 is 0 Å². The Morgan fingerprint density at radius 3 is 2.76 bits per heavy atom. The van der Waals surface area contributed by atoms with Gasteiger partial charge in [0, 0.05) is 25.2 Å². The summed E-state index contributed by atoms with van der Waals surface area (Å²) in [5.41, 5.74) is 2.43. The molecule has 3 rings (SSSR count). The Hall–Kier alpha value is -2.95. The number of para-hydroxylation sites is 1. The SMILES string of the molecule is COc1ccc(CN(C)C(=O)Cc2cccc3cccnc23)cc1F. The summed E-state index contributed by atoms with van der Waals surface area (Å²) in [6.45, 7) is 0.331. The molecule has 2 aromatic carbocycles. The molecular weight excluding hydrogens is 319 g/mol. The highest BCUT2D eigenvalue weighted by molar-refractivity contribution is 5.87. The fourth-order valence-electron chi connectivity index (χ4n) is 2.78. The molecule has 0 N–H and O–H groups in total. The summed E-state index contributed by atoms with van der Waals surface area (Å²) < 4.78 is 18.7. The topological polar surface area (TPSA) is 42.4 Å². The third-order valence-corrected chi connectivity index (χ3v) is 4.12. The molecule has 0 unspecified atom stereocenters. The highest BCUT2D eigenvalue weighted by Crippen LogP contribution is 2.20. The van der Waals surface area contributed by atoms with Gasteiger partial charge in [0.25, 0.3) is 0 Å². The van der Waals surface area contributed by atoms with Crippen LogP contribution in [0.5, 0.6) is 5.75 Å². The van der Waals surface area contributed by atoms with Crippen LogP contribution >= 0.6 is 0 Å². The van der Waals surface area contributed by atoms with Gasteiger partial charge in [-0.25, -0.2) is 4.39 Å². The monoisotopic (exact) mass is 338 g/mol. The molecule has 0 atom stereocenters. The number of carbonyl (C=O) groups is 1. The first-order valence-corrected chi connectivity index (χ1v) is 7.97. The zero-order chi connectivity index (χ0) is 17.8. The Bertz CT molecular complexity index is 906. The number of hydrogen-bond acceptors (Lipinski definition) is 3. The largest absolute Gasteiger partial charge is 0.494 e. The second-order valence-electron chi connectivity index (χ2n) is 5.89. The van der Waals surface area contributed by atoms with Gasteiger partial charge in [-0.15, -0.1) is 0 Å². The van der Waals surface area contributed by atoms with Crippen LogP contribution in [0, 0.1) is 5.82 Å². The van der Waals surface area contributed by atoms with Gasteiger partial charge in [0.1, 0.15) is 0 Å². The number of fused-ring (bicyclic) bond motifs is 1. The molecule has 1 amide bonds. The maximum atomic E-state index is 13.8. The van der Waals surface area contributed by atoms with Crippen LogP contribution in [0.1, 0.15) is 11.1 Å². The van der Waals surface area contributed by atoms with E-state index in [1.807, 2.05) is 30.3 Å². The van der Waals surface area contributed by atoms with Crippen molar-refractivity contribution in [2.75, 3.05) is 14.2 Å². The first kappa shape index (κ1) is 16.9. The molecule has 0 bridgehead atoms. The van der Waals surface area contributed by atoms with E-state index in [4.69, 9.17) is 4.74 Å². The molecule has 0 aliphatic carbocycles. The first-order valence-electron chi connectivity index (χ1n) is 7.97. The van der Waals surface area contributed by atoms with Crippen molar-refractivity contribution >= 4 is 16.8 Å². The number of hydrogen-bond donors (Lipinski definition) is 0. The molecule has 25 heavy (non-hydrogen) atoms. The second kappa shape index (κ2) is 7.30. The van der Waals surface area contributed by atoms with Crippen molar-refractivity contribution < 1.29 is 13.9 Å². The molecule has 0 fully saturated rings. The van der Waals surface area contributed by atoms with E-state index in [2.05, 4.69) is 4.98 Å². The molecule has 3 aromatic rings. The normalized spacial score (nSPS) is 10.7. The van der Waals surface area contributed by atoms with Crippen LogP contribution in [0.2, 0.25) is 0 Å². The molecule has 0 aliphatic heterocycles. The third-order valence-electron chi connectivity index (χ3n) is 4.12. The lowest BCUT2D eigenvalue weighted by Gasteiger charge is -2.18. The number of aromatic nitrogens is 1. The van der Waals surface area contributed by atoms with Crippen molar-refractivity contribution in [1.82, 2.24) is 9.88 Å². The number of amides is 1. The molecular formula is C20H19FN2O2. The summed E-state index contributed by atoms with van der Waals surface area (Å²) in [5.74, 6) is -0.284. The van der Waals surface area contributed by atoms with Crippen LogP contribution in [0.15, 0.2) is 54.7 Å². The van der Waals surface area contributed by atoms with Gasteiger partial charge in [0.05, 0.1) is 19.0 Å². The lowest BCUT2D eigenvalue weighted by molar-refractivity contribution is -0.129. The van der Waals surface area contributed by atoms with Gasteiger partial charge in [0.2, 0.25) is 5.91 Å². The Labute approximate surface area is 145 Å². The molecule has 1 heterocycles. The lowest BCUT2D eigenvalue weighted by atomic mass is 10.1. The predicted molar refractivity (Wildman–Crippen MR) is 94.9 cm³/mol. The van der Waals surface area contributed by atoms with Crippen molar-refractivity contribution in [3.05, 3.63) is 71.7 Å². The van der Waals surface area contributed by atoms with E-state index in [1.165, 1.54) is 13.2 Å². The van der Waals surface area contributed by atoms with E-state index < -0.39 is 5.82 Å². The zero-order valence-electron chi connectivity index (χ0n) is 14.2. The average Bonchev–Trinajstić information content (AvgIpc) is 2.62. The van der Waals surface area contributed by atoms with Crippen molar-refractivity contribution in [3.63, 3.8) is 0 Å². The molecule has 0 spiro atoms. The molecule has 1 aromatic heterocycles. The number of nitrogens with zero attached hydrogens (tertiary/aromatic N) is 2. The maximum Gasteiger partial charge on any atom is 0.227 e. The second-order valence-corrected chi connectivity index (χ2v) is 5.89. The summed E-state index contributed by atoms with van der Waals surface area (Å²) in [6, 6.07) is 14.4. The lowest BCUT2D eigenvalue weighted by Crippen LogP contribution is -2.27. The van der Waals surface area contributed by atoms with Gasteiger partial charge in [-0.05, 0) is 29.3 Å². The number of carbonyl (C=O) groups excluding carboxylic acids is 1. The Balaban J connectivity index is 1.73. The number of benzene rings is 2. The average molecular weight is 338 g/mol. The smallest absolute Gasteiger partial charge is 0.227 e. The van der Waals surface area contributed by atoms with Crippen LogP contribution in [0.25, 0.3) is 10.9 Å². The van der Waals surface area contributed by atoms with Crippen LogP contribution < -0.4 is 4.74 Å². The molecule has 0 radical (unpaired) electrons. The highest BCUT2D eigenvalue weighted by Gasteiger charge is 2.13. The molecule has 0 aliphatic rings. The van der Waals surface area contributed by atoms with Gasteiger partial charge in [-0.1, -0.05) is 30.3 Å². The maximum absolute atomic E-state index is 13.8. The van der Waals surface area contributed by atoms with Crippen molar-refractivity contribution in [1.29, 1.82) is 0 Å². The summed E-state index contributed by atoms with van der Waals surface area (Å²) in [7, 11) is 3.13. The molecule has 128 valence electrons. The number of rotatable bonds is 5. The summed E-state index contributed by atoms with van der Waals surface area (Å²) >= 11 is 0. The van der Waals surface area contributed by atoms with Gasteiger partial charge in [-0.3, -0.25) is 9.78 Å². The number of pyridine rings is 1. The molecule has 0 saturated heterocycles. The standard InChI is InChI=1S/C20H19FN2O2/c1-23(13-14-8-9-18(25-2)17(21)11-14)19(24)12-16-6-3-5-15-7-4-10-22-20(15)16/h3-11H,12-13H2,1-2H3. The molecule has 0 saturated carbocycles. The van der Waals surface area contributed by atoms with Gasteiger partial charge < -0.3 is 9.64 Å². The van der Waals surface area contributed by atoms with E-state index in [9.17, 15) is 9.18 Å². The van der Waals surface area contributed by atoms with E-state index in [0.717, 1.165) is 16.5 Å². The van der Waals surface area contributed by atoms with Crippen molar-refractivity contribution in [3.8, 4) is 5.75 Å². The predicted octanol–water partition coefficient (Wildman–Crippen LogP) is 3.58. The first-order chi connectivity index (χ1) is 12.1. The van der Waals surface area contributed by atoms with Crippen LogP contribution in [-0.4, -0.2) is 29.9 Å². The quantitative estimate of drug-likeness (QED) is 0.714. The summed E-state index contributed by atoms with van der Waals surface area (Å²) in [6.07, 6.45) is 1.98. The minimum absolute atomic E-state index is 0.0469. The Morgan fingerprint density at radius 1 is 1.20 bits per heavy atom. The number of ether oxygens (including phenoxy) is 1. The minimum atomic E-state index is -0.431. The third kappa shape index (κ3) is 3.76. The summed E-state index contributed by atoms with van der Waals surface area (Å²) in [5, 5.41) is 1.01. The molecule has 5 heteroatoms. The Kier molecular flexibility index (Phi) is 4.93. The van der Waals surface area contributed by atoms with E-state index in [-0.39, 0.29) is 18.1 Å². The van der Waals surface area contributed by atoms with Gasteiger partial charge in [-0.2, -0.15) is 0 Å². The number of halogens is 1. The number of methoxy groups -OCH3 is 1. The van der Waals surface area contributed by atoms with E-state index in [1.54, 1.807) is 30.3 Å². The van der Waals surface area contributed by atoms with Crippen LogP contribution in [0.3, 0.4) is 0 Å². The van der Waals surface area contributed by atoms with Crippen LogP contribution in [0.4, 0.5) is 4.39 Å². The molecule has 4 nitrogen and oxygen atoms in total. The van der Waals surface area contributed by atoms with E-state index in [0.29, 0.717) is 12.1 Å². The van der Waals surface area contributed by atoms with Crippen LogP contribution in [-0.2, 0) is 17.8 Å².